The van der Waals surface area contributed by atoms with Crippen LogP contribution >= 0.6 is 23.2 Å². The molecule has 1 N–H and O–H groups in total. The number of sulfone groups is 1. The molecule has 29 heavy (non-hydrogen) atoms. The minimum absolute atomic E-state index is 0.281. The molecule has 0 aliphatic carbocycles. The molecule has 2 rings (SSSR count). The Bertz CT molecular complexity index is 1080. The first kappa shape index (κ1) is 22.6. The molecule has 0 saturated carbocycles. The minimum Gasteiger partial charge on any atom is -0.449 e. The smallest absolute Gasteiger partial charge is 0.339 e. The Morgan fingerprint density at radius 1 is 1.14 bits per heavy atom. The fourth-order valence-corrected chi connectivity index (χ4v) is 3.61. The van der Waals surface area contributed by atoms with Gasteiger partial charge in [0.15, 0.2) is 15.9 Å². The van der Waals surface area contributed by atoms with E-state index in [1.807, 2.05) is 0 Å². The zero-order chi connectivity index (χ0) is 21.9. The lowest BCUT2D eigenvalue weighted by Gasteiger charge is -2.14. The van der Waals surface area contributed by atoms with Gasteiger partial charge in [-0.1, -0.05) is 23.2 Å². The number of nitro benzene ring substituents is 1. The van der Waals surface area contributed by atoms with Crippen molar-refractivity contribution in [3.63, 3.8) is 0 Å². The van der Waals surface area contributed by atoms with Gasteiger partial charge in [0, 0.05) is 28.1 Å². The van der Waals surface area contributed by atoms with Gasteiger partial charge in [0.25, 0.3) is 11.6 Å². The van der Waals surface area contributed by atoms with Gasteiger partial charge in [-0.25, -0.2) is 13.2 Å². The summed E-state index contributed by atoms with van der Waals surface area (Å²) in [6.45, 7) is 1.29. The van der Waals surface area contributed by atoms with Crippen LogP contribution < -0.4 is 5.32 Å². The molecule has 2 aromatic carbocycles. The highest BCUT2D eigenvalue weighted by molar-refractivity contribution is 7.90. The molecule has 0 aliphatic heterocycles. The number of carbonyl (C=O) groups is 2. The van der Waals surface area contributed by atoms with Crippen LogP contribution in [-0.4, -0.2) is 37.6 Å². The van der Waals surface area contributed by atoms with Crippen molar-refractivity contribution in [1.29, 1.82) is 0 Å². The lowest BCUT2D eigenvalue weighted by molar-refractivity contribution is -0.387. The van der Waals surface area contributed by atoms with Gasteiger partial charge in [0.2, 0.25) is 0 Å². The number of ether oxygens (including phenoxy) is 1. The number of carbonyl (C=O) groups excluding carboxylic acids is 2. The first-order valence-corrected chi connectivity index (χ1v) is 10.5. The number of esters is 1. The molecule has 0 heterocycles. The standard InChI is InChI=1S/C17H14Cl2N2O7S/c1-9(16(22)20-13-7-11(18)6-12(19)8-13)28-17(23)10-3-4-15(29(2,26)27)14(5-10)21(24)25/h3-9H,1-2H3,(H,20,22)/t9-/m0/s1. The highest BCUT2D eigenvalue weighted by Crippen LogP contribution is 2.26. The van der Waals surface area contributed by atoms with Gasteiger partial charge >= 0.3 is 5.97 Å². The molecule has 9 nitrogen and oxygen atoms in total. The van der Waals surface area contributed by atoms with Crippen LogP contribution in [0.15, 0.2) is 41.3 Å². The van der Waals surface area contributed by atoms with E-state index in [-0.39, 0.29) is 21.3 Å². The maximum Gasteiger partial charge on any atom is 0.339 e. The normalized spacial score (nSPS) is 12.1. The molecule has 2 aromatic rings. The van der Waals surface area contributed by atoms with E-state index < -0.39 is 43.3 Å². The molecule has 1 atom stereocenters. The van der Waals surface area contributed by atoms with E-state index in [2.05, 4.69) is 5.32 Å². The molecule has 0 saturated heterocycles. The minimum atomic E-state index is -3.88. The van der Waals surface area contributed by atoms with Gasteiger partial charge in [0.1, 0.15) is 4.90 Å². The molecule has 0 fully saturated rings. The number of nitrogens with zero attached hydrogens (tertiary/aromatic N) is 1. The van der Waals surface area contributed by atoms with Crippen molar-refractivity contribution in [3.8, 4) is 0 Å². The van der Waals surface area contributed by atoms with Crippen LogP contribution in [0.3, 0.4) is 0 Å². The van der Waals surface area contributed by atoms with E-state index >= 15 is 0 Å². The Balaban J connectivity index is 2.17. The number of nitro groups is 1. The van der Waals surface area contributed by atoms with Gasteiger partial charge in [-0.2, -0.15) is 0 Å². The summed E-state index contributed by atoms with van der Waals surface area (Å²) in [5.41, 5.74) is -0.772. The number of hydrogen-bond acceptors (Lipinski definition) is 7. The van der Waals surface area contributed by atoms with Crippen LogP contribution in [-0.2, 0) is 19.4 Å². The molecule has 12 heteroatoms. The predicted octanol–water partition coefficient (Wildman–Crippen LogP) is 3.49. The quantitative estimate of drug-likeness (QED) is 0.396. The zero-order valence-electron chi connectivity index (χ0n) is 15.0. The van der Waals surface area contributed by atoms with Crippen LogP contribution in [0.25, 0.3) is 0 Å². The van der Waals surface area contributed by atoms with E-state index in [0.717, 1.165) is 24.5 Å². The lowest BCUT2D eigenvalue weighted by Crippen LogP contribution is -2.30. The maximum absolute atomic E-state index is 12.2. The Morgan fingerprint density at radius 3 is 2.24 bits per heavy atom. The summed E-state index contributed by atoms with van der Waals surface area (Å²) < 4.78 is 28.3. The molecule has 0 spiro atoms. The van der Waals surface area contributed by atoms with Crippen LogP contribution in [0.1, 0.15) is 17.3 Å². The number of rotatable bonds is 6. The third-order valence-electron chi connectivity index (χ3n) is 3.57. The third-order valence-corrected chi connectivity index (χ3v) is 5.15. The summed E-state index contributed by atoms with van der Waals surface area (Å²) >= 11 is 11.7. The molecule has 0 unspecified atom stereocenters. The van der Waals surface area contributed by atoms with Crippen LogP contribution in [0, 0.1) is 10.1 Å². The largest absolute Gasteiger partial charge is 0.449 e. The van der Waals surface area contributed by atoms with E-state index in [1.165, 1.54) is 25.1 Å². The lowest BCUT2D eigenvalue weighted by atomic mass is 10.2. The number of amides is 1. The van der Waals surface area contributed by atoms with Crippen LogP contribution in [0.5, 0.6) is 0 Å². The summed E-state index contributed by atoms with van der Waals surface area (Å²) in [6, 6.07) is 7.12. The van der Waals surface area contributed by atoms with E-state index in [1.54, 1.807) is 0 Å². The van der Waals surface area contributed by atoms with Crippen molar-refractivity contribution in [1.82, 2.24) is 0 Å². The molecule has 1 amide bonds. The fraction of sp³-hybridized carbons (Fsp3) is 0.176. The van der Waals surface area contributed by atoms with E-state index in [9.17, 15) is 28.1 Å². The average molecular weight is 461 g/mol. The third kappa shape index (κ3) is 5.89. The summed E-state index contributed by atoms with van der Waals surface area (Å²) in [5.74, 6) is -1.74. The molecule has 0 aromatic heterocycles. The SMILES string of the molecule is C[C@H](OC(=O)c1ccc(S(C)(=O)=O)c([N+](=O)[O-])c1)C(=O)Nc1cc(Cl)cc(Cl)c1. The number of benzene rings is 2. The summed E-state index contributed by atoms with van der Waals surface area (Å²) in [6.07, 6.45) is -0.462. The van der Waals surface area contributed by atoms with Gasteiger partial charge in [-0.3, -0.25) is 14.9 Å². The highest BCUT2D eigenvalue weighted by atomic mass is 35.5. The maximum atomic E-state index is 12.2. The summed E-state index contributed by atoms with van der Waals surface area (Å²) in [7, 11) is -3.88. The Morgan fingerprint density at radius 2 is 1.72 bits per heavy atom. The number of hydrogen-bond donors (Lipinski definition) is 1. The number of anilines is 1. The molecule has 0 aliphatic rings. The topological polar surface area (TPSA) is 133 Å². The second-order valence-electron chi connectivity index (χ2n) is 5.91. The molecule has 154 valence electrons. The van der Waals surface area contributed by atoms with Crippen molar-refractivity contribution >= 4 is 56.3 Å². The van der Waals surface area contributed by atoms with Crippen molar-refractivity contribution < 1.29 is 27.7 Å². The molecule has 0 bridgehead atoms. The van der Waals surface area contributed by atoms with Crippen LogP contribution in [0.4, 0.5) is 11.4 Å². The van der Waals surface area contributed by atoms with E-state index in [0.29, 0.717) is 0 Å². The second-order valence-corrected chi connectivity index (χ2v) is 8.76. The average Bonchev–Trinajstić information content (AvgIpc) is 2.59. The van der Waals surface area contributed by atoms with Crippen molar-refractivity contribution in [3.05, 3.63) is 62.1 Å². The summed E-state index contributed by atoms with van der Waals surface area (Å²) in [5, 5.41) is 14.2. The van der Waals surface area contributed by atoms with Gasteiger partial charge in [-0.05, 0) is 37.3 Å². The number of halogens is 2. The molecular weight excluding hydrogens is 447 g/mol. The van der Waals surface area contributed by atoms with Crippen LogP contribution in [0.2, 0.25) is 10.0 Å². The second kappa shape index (κ2) is 8.76. The number of nitrogens with one attached hydrogen (secondary N) is 1. The van der Waals surface area contributed by atoms with Crippen molar-refractivity contribution in [2.45, 2.75) is 17.9 Å². The highest BCUT2D eigenvalue weighted by Gasteiger charge is 2.26. The molecular formula is C17H14Cl2N2O7S. The predicted molar refractivity (Wildman–Crippen MR) is 106 cm³/mol. The first-order chi connectivity index (χ1) is 13.4. The first-order valence-electron chi connectivity index (χ1n) is 7.85. The summed E-state index contributed by atoms with van der Waals surface area (Å²) in [4.78, 5) is 34.1. The van der Waals surface area contributed by atoms with Crippen molar-refractivity contribution in [2.75, 3.05) is 11.6 Å². The van der Waals surface area contributed by atoms with Crippen molar-refractivity contribution in [2.24, 2.45) is 0 Å². The zero-order valence-corrected chi connectivity index (χ0v) is 17.3. The van der Waals surface area contributed by atoms with Gasteiger partial charge in [-0.15, -0.1) is 0 Å². The molecule has 0 radical (unpaired) electrons. The monoisotopic (exact) mass is 460 g/mol. The fourth-order valence-electron chi connectivity index (χ4n) is 2.25. The Labute approximate surface area is 175 Å². The van der Waals surface area contributed by atoms with Gasteiger partial charge < -0.3 is 10.1 Å². The van der Waals surface area contributed by atoms with E-state index in [4.69, 9.17) is 27.9 Å². The Hall–Kier alpha value is -2.69. The van der Waals surface area contributed by atoms with Gasteiger partial charge in [0.05, 0.1) is 10.5 Å². The Kier molecular flexibility index (Phi) is 6.83.